The van der Waals surface area contributed by atoms with Crippen LogP contribution in [0.3, 0.4) is 0 Å². The van der Waals surface area contributed by atoms with Crippen LogP contribution in [-0.4, -0.2) is 39.1 Å². The van der Waals surface area contributed by atoms with Crippen molar-refractivity contribution >= 4 is 44.0 Å². The molecule has 3 aromatic rings. The molecule has 0 atom stereocenters. The molecule has 2 aromatic carbocycles. The van der Waals surface area contributed by atoms with Gasteiger partial charge in [0.2, 0.25) is 0 Å². The van der Waals surface area contributed by atoms with Crippen LogP contribution in [0.1, 0.15) is 29.9 Å². The maximum absolute atomic E-state index is 14.7. The van der Waals surface area contributed by atoms with E-state index >= 15 is 0 Å². The highest BCUT2D eigenvalue weighted by Gasteiger charge is 2.33. The summed E-state index contributed by atoms with van der Waals surface area (Å²) in [6.45, 7) is 3.41. The van der Waals surface area contributed by atoms with Crippen LogP contribution in [0.5, 0.6) is 5.75 Å². The molecule has 11 nitrogen and oxygen atoms in total. The van der Waals surface area contributed by atoms with Crippen molar-refractivity contribution in [2.24, 2.45) is 11.8 Å². The fraction of sp³-hybridized carbons (Fsp3) is 0.261. The third kappa shape index (κ3) is 6.54. The molecule has 0 saturated heterocycles. The average Bonchev–Trinajstić information content (AvgIpc) is 3.37. The summed E-state index contributed by atoms with van der Waals surface area (Å²) in [4.78, 5) is 27.4. The van der Waals surface area contributed by atoms with Crippen LogP contribution in [0.4, 0.5) is 24.3 Å². The highest BCUT2D eigenvalue weighted by molar-refractivity contribution is 7.93. The second-order valence-electron chi connectivity index (χ2n) is 8.22. The smallest absolute Gasteiger partial charge is 0.360 e. The van der Waals surface area contributed by atoms with E-state index in [0.717, 1.165) is 15.6 Å². The maximum atomic E-state index is 14.7. The lowest BCUT2D eigenvalue weighted by Crippen LogP contribution is -2.35. The number of rotatable bonds is 10. The zero-order chi connectivity index (χ0) is 28.0. The number of carbonyl (C=O) groups is 2. The molecule has 0 bridgehead atoms. The molecule has 4 N–H and O–H groups in total. The Morgan fingerprint density at radius 2 is 1.79 bits per heavy atom. The van der Waals surface area contributed by atoms with E-state index in [0.29, 0.717) is 23.4 Å². The van der Waals surface area contributed by atoms with Crippen molar-refractivity contribution in [2.45, 2.75) is 25.3 Å². The number of nitrogens with one attached hydrogen (secondary N) is 2. The third-order valence-corrected chi connectivity index (χ3v) is 7.66. The Labute approximate surface area is 221 Å². The van der Waals surface area contributed by atoms with Crippen LogP contribution in [0.15, 0.2) is 46.8 Å². The van der Waals surface area contributed by atoms with E-state index in [9.17, 15) is 26.8 Å². The Balaban J connectivity index is 2.10. The zero-order valence-corrected chi connectivity index (χ0v) is 22.2. The molecule has 204 valence electrons. The molecular formula is C23H25F2N5O6S2. The lowest BCUT2D eigenvalue weighted by atomic mass is 10.2. The minimum absolute atomic E-state index is 0.0135. The van der Waals surface area contributed by atoms with E-state index in [2.05, 4.69) is 4.98 Å². The van der Waals surface area contributed by atoms with Crippen LogP contribution in [0.2, 0.25) is 0 Å². The summed E-state index contributed by atoms with van der Waals surface area (Å²) >= 11 is 0.835. The van der Waals surface area contributed by atoms with Crippen molar-refractivity contribution < 1.29 is 36.3 Å². The number of thiazole rings is 1. The van der Waals surface area contributed by atoms with Gasteiger partial charge >= 0.3 is 12.0 Å². The molecule has 0 saturated carbocycles. The average molecular weight is 570 g/mol. The second-order valence-corrected chi connectivity index (χ2v) is 10.9. The van der Waals surface area contributed by atoms with Gasteiger partial charge in [-0.15, -0.1) is 11.3 Å². The van der Waals surface area contributed by atoms with Crippen molar-refractivity contribution in [2.75, 3.05) is 23.3 Å². The van der Waals surface area contributed by atoms with Crippen LogP contribution in [0.25, 0.3) is 0 Å². The van der Waals surface area contributed by atoms with Crippen molar-refractivity contribution in [3.05, 3.63) is 64.8 Å². The van der Waals surface area contributed by atoms with Gasteiger partial charge in [-0.1, -0.05) is 26.0 Å². The monoisotopic (exact) mass is 569 g/mol. The highest BCUT2D eigenvalue weighted by atomic mass is 32.2. The first-order valence-corrected chi connectivity index (χ1v) is 13.3. The summed E-state index contributed by atoms with van der Waals surface area (Å²) in [7, 11) is -3.22. The van der Waals surface area contributed by atoms with E-state index in [4.69, 9.17) is 15.3 Å². The number of ether oxygens (including phenoxy) is 2. The number of urea groups is 1. The number of benzene rings is 2. The van der Waals surface area contributed by atoms with Crippen LogP contribution in [-0.2, 0) is 21.3 Å². The Morgan fingerprint density at radius 1 is 1.16 bits per heavy atom. The number of nitrogens with zero attached hydrogens (tertiary/aromatic N) is 2. The molecule has 0 radical (unpaired) electrons. The fourth-order valence-electron chi connectivity index (χ4n) is 3.13. The van der Waals surface area contributed by atoms with E-state index in [1.165, 1.54) is 12.6 Å². The Bertz CT molecular complexity index is 1390. The molecule has 0 fully saturated rings. The van der Waals surface area contributed by atoms with Gasteiger partial charge in [-0.05, 0) is 35.7 Å². The normalized spacial score (nSPS) is 11.2. The molecule has 2 amide bonds. The largest absolute Gasteiger partial charge is 0.497 e. The van der Waals surface area contributed by atoms with Crippen molar-refractivity contribution in [1.82, 2.24) is 10.4 Å². The number of hydrogen-bond acceptors (Lipinski definition) is 9. The van der Waals surface area contributed by atoms with Gasteiger partial charge in [-0.2, -0.15) is 0 Å². The number of methoxy groups -OCH3 is 1. The molecular weight excluding hydrogens is 544 g/mol. The van der Waals surface area contributed by atoms with Crippen LogP contribution in [0, 0.1) is 17.6 Å². The Hall–Kier alpha value is -3.82. The number of hydrogen-bond donors (Lipinski definition) is 3. The predicted octanol–water partition coefficient (Wildman–Crippen LogP) is 3.63. The summed E-state index contributed by atoms with van der Waals surface area (Å²) in [5.74, 6) is 1.88. The predicted molar refractivity (Wildman–Crippen MR) is 136 cm³/mol. The Morgan fingerprint density at radius 3 is 2.34 bits per heavy atom. The number of sulfonamides is 1. The minimum atomic E-state index is -4.69. The molecule has 0 aliphatic rings. The molecule has 0 aliphatic heterocycles. The molecule has 0 unspecified atom stereocenters. The van der Waals surface area contributed by atoms with E-state index in [1.807, 2.05) is 19.2 Å². The maximum Gasteiger partial charge on any atom is 0.360 e. The first-order chi connectivity index (χ1) is 18.0. The number of nitrogens with two attached hydrogens (primary N) is 1. The van der Waals surface area contributed by atoms with Crippen LogP contribution < -0.4 is 25.6 Å². The van der Waals surface area contributed by atoms with Gasteiger partial charge in [0, 0.05) is 0 Å². The minimum Gasteiger partial charge on any atom is -0.497 e. The standard InChI is InChI=1S/C23H25F2N5O6S2/c1-13(2)11-36-22(31)20-21(37-12-27-20)30(10-14-4-6-15(35-3)7-5-14)38(33,34)16-8-17(24)19(18(25)9-16)28-23(32)29-26/h4-9,12-13H,10-11,26H2,1-3H3,(H2,28,29,32). The van der Waals surface area contributed by atoms with E-state index < -0.39 is 44.2 Å². The molecule has 3 rings (SSSR count). The Kier molecular flexibility index (Phi) is 9.19. The lowest BCUT2D eigenvalue weighted by Gasteiger charge is -2.24. The summed E-state index contributed by atoms with van der Waals surface area (Å²) in [5, 5.41) is 1.74. The number of hydrazine groups is 1. The van der Waals surface area contributed by atoms with Crippen LogP contribution >= 0.6 is 11.3 Å². The quantitative estimate of drug-likeness (QED) is 0.145. The molecule has 1 heterocycles. The van der Waals surface area contributed by atoms with Gasteiger partial charge in [-0.3, -0.25) is 9.73 Å². The van der Waals surface area contributed by atoms with Gasteiger partial charge in [0.15, 0.2) is 17.3 Å². The SMILES string of the molecule is COc1ccc(CN(c2scnc2C(=O)OCC(C)C)S(=O)(=O)c2cc(F)c(NC(=O)NN)c(F)c2)cc1. The number of halogens is 2. The molecule has 0 spiro atoms. The number of esters is 1. The van der Waals surface area contributed by atoms with Gasteiger partial charge in [0.25, 0.3) is 10.0 Å². The van der Waals surface area contributed by atoms with Gasteiger partial charge < -0.3 is 14.8 Å². The van der Waals surface area contributed by atoms with Crippen molar-refractivity contribution in [3.8, 4) is 5.75 Å². The third-order valence-electron chi connectivity index (χ3n) is 4.97. The molecule has 15 heteroatoms. The molecule has 0 aliphatic carbocycles. The number of amides is 2. The number of aromatic nitrogens is 1. The number of anilines is 2. The topological polar surface area (TPSA) is 153 Å². The summed E-state index contributed by atoms with van der Waals surface area (Å²) < 4.78 is 68.2. The summed E-state index contributed by atoms with van der Waals surface area (Å²) in [6, 6.07) is 6.37. The number of carbonyl (C=O) groups excluding carboxylic acids is 2. The van der Waals surface area contributed by atoms with Gasteiger partial charge in [0.05, 0.1) is 30.7 Å². The van der Waals surface area contributed by atoms with E-state index in [1.54, 1.807) is 29.7 Å². The summed E-state index contributed by atoms with van der Waals surface area (Å²) in [6.07, 6.45) is 0. The van der Waals surface area contributed by atoms with Gasteiger partial charge in [0.1, 0.15) is 16.4 Å². The first kappa shape index (κ1) is 28.7. The first-order valence-electron chi connectivity index (χ1n) is 11.0. The zero-order valence-electron chi connectivity index (χ0n) is 20.5. The fourth-order valence-corrected chi connectivity index (χ4v) is 5.62. The molecule has 1 aromatic heterocycles. The van der Waals surface area contributed by atoms with Crippen molar-refractivity contribution in [3.63, 3.8) is 0 Å². The van der Waals surface area contributed by atoms with E-state index in [-0.39, 0.29) is 29.8 Å². The van der Waals surface area contributed by atoms with Gasteiger partial charge in [-0.25, -0.2) is 37.6 Å². The molecule has 38 heavy (non-hydrogen) atoms. The summed E-state index contributed by atoms with van der Waals surface area (Å²) in [5.41, 5.74) is 2.22. The lowest BCUT2D eigenvalue weighted by molar-refractivity contribution is 0.0454. The second kappa shape index (κ2) is 12.1. The highest BCUT2D eigenvalue weighted by Crippen LogP contribution is 2.34. The van der Waals surface area contributed by atoms with Crippen molar-refractivity contribution in [1.29, 1.82) is 0 Å².